The molecule has 0 heterocycles. The lowest BCUT2D eigenvalue weighted by atomic mass is 9.61. The van der Waals surface area contributed by atoms with Crippen LogP contribution in [0.5, 0.6) is 0 Å². The van der Waals surface area contributed by atoms with Gasteiger partial charge in [-0.2, -0.15) is 0 Å². The summed E-state index contributed by atoms with van der Waals surface area (Å²) in [5.74, 6) is 160. The first-order valence-electron chi connectivity index (χ1n) is 30.6. The third kappa shape index (κ3) is 33.1. The smallest absolute Gasteiger partial charge is 0.0322 e. The number of rotatable bonds is 18. The number of hydrogen-bond donors (Lipinski definition) is 0. The van der Waals surface area contributed by atoms with Crippen LogP contribution in [-0.4, -0.2) is 0 Å². The van der Waals surface area contributed by atoms with Crippen molar-refractivity contribution in [3.63, 3.8) is 0 Å². The van der Waals surface area contributed by atoms with Gasteiger partial charge in [-0.25, -0.2) is 0 Å². The van der Waals surface area contributed by atoms with Gasteiger partial charge in [-0.05, 0) is 333 Å². The Morgan fingerprint density at radius 1 is 0.245 bits per heavy atom. The average Bonchev–Trinajstić information content (AvgIpc) is 0.838. The first-order valence-corrected chi connectivity index (χ1v) is 30.6. The lowest BCUT2D eigenvalue weighted by molar-refractivity contribution is 0.114. The zero-order chi connectivity index (χ0) is 70.0. The lowest BCUT2D eigenvalue weighted by Crippen LogP contribution is -2.40. The van der Waals surface area contributed by atoms with Crippen molar-refractivity contribution >= 4 is 0 Å². The summed E-state index contributed by atoms with van der Waals surface area (Å²) in [4.78, 5) is 0. The van der Waals surface area contributed by atoms with Gasteiger partial charge >= 0.3 is 0 Å². The minimum Gasteiger partial charge on any atom is -0.106 e. The Kier molecular flexibility index (Phi) is 46.3. The predicted molar refractivity (Wildman–Crippen MR) is 394 cm³/mol. The number of terminal acetylenes is 1. The predicted octanol–water partition coefficient (Wildman–Crippen LogP) is 12.5. The van der Waals surface area contributed by atoms with E-state index in [1.165, 1.54) is 0 Å². The molecule has 0 amide bonds. The maximum atomic E-state index is 5.29. The van der Waals surface area contributed by atoms with E-state index in [0.29, 0.717) is 5.57 Å². The van der Waals surface area contributed by atoms with E-state index >= 15 is 0 Å². The summed E-state index contributed by atoms with van der Waals surface area (Å²) in [7, 11) is 0. The summed E-state index contributed by atoms with van der Waals surface area (Å²) in [6, 6.07) is 0. The van der Waals surface area contributed by atoms with E-state index in [1.54, 1.807) is 55.4 Å². The minimum atomic E-state index is -0.467. The first-order chi connectivity index (χ1) is 45.6. The molecule has 0 aliphatic rings. The van der Waals surface area contributed by atoms with Crippen molar-refractivity contribution in [1.29, 1.82) is 0 Å². The fraction of sp³-hybridized carbons (Fsp3) is 0.383. The summed E-state index contributed by atoms with van der Waals surface area (Å²) in [6.07, 6.45) is 6.17. The molecule has 0 aromatic carbocycles. The third-order valence-corrected chi connectivity index (χ3v) is 15.2. The zero-order valence-electron chi connectivity index (χ0n) is 57.8. The first kappa shape index (κ1) is 81.4. The molecule has 0 nitrogen and oxygen atoms in total. The zero-order valence-corrected chi connectivity index (χ0v) is 57.8. The van der Waals surface area contributed by atoms with E-state index in [1.807, 2.05) is 6.92 Å². The SMILES string of the molecule is C#CC#CC#CC#CC(=C)C(C)C(C#CC#CC#CC)C(C)C(C#CC#CC#CC)C(C)C(C#CC#CC#CC)C(C)C(C#CC#CC#CC)C(C)C(C#CC#CC#CC)C(C)C(C#CC#CC#CC)C(C)C(C#CC#CC#CC)C(C)C(C#CC#CC#CC)C(C)CC. The van der Waals surface area contributed by atoms with Crippen molar-refractivity contribution in [2.24, 2.45) is 101 Å². The van der Waals surface area contributed by atoms with E-state index in [4.69, 9.17) is 6.42 Å². The van der Waals surface area contributed by atoms with E-state index in [9.17, 15) is 0 Å². The maximum Gasteiger partial charge on any atom is 0.0322 e. The Hall–Kier alpha value is -12.6. The molecule has 0 radical (unpaired) electrons. The van der Waals surface area contributed by atoms with Crippen LogP contribution in [0.25, 0.3) is 0 Å². The largest absolute Gasteiger partial charge is 0.106 e. The monoisotopic (exact) mass is 1200 g/mol. The second-order valence-corrected chi connectivity index (χ2v) is 21.0. The van der Waals surface area contributed by atoms with Gasteiger partial charge < -0.3 is 0 Å². The van der Waals surface area contributed by atoms with Crippen molar-refractivity contribution in [2.75, 3.05) is 0 Å². The van der Waals surface area contributed by atoms with Gasteiger partial charge in [-0.1, -0.05) is 183 Å². The van der Waals surface area contributed by atoms with Crippen LogP contribution in [0.15, 0.2) is 12.2 Å². The highest BCUT2D eigenvalue weighted by molar-refractivity contribution is 5.46. The highest BCUT2D eigenvalue weighted by Gasteiger charge is 2.43. The molecule has 0 aliphatic heterocycles. The summed E-state index contributed by atoms with van der Waals surface area (Å²) in [6.45, 7) is 39.8. The summed E-state index contributed by atoms with van der Waals surface area (Å²) < 4.78 is 0. The molecule has 17 unspecified atom stereocenters. The molecule has 0 saturated heterocycles. The van der Waals surface area contributed by atoms with Crippen LogP contribution in [0.4, 0.5) is 0 Å². The molecule has 0 spiro atoms. The molecule has 0 aromatic rings. The number of allylic oxidation sites excluding steroid dienone is 1. The quantitative estimate of drug-likeness (QED) is 0.120. The van der Waals surface area contributed by atoms with E-state index in [0.717, 1.165) is 6.42 Å². The van der Waals surface area contributed by atoms with Crippen LogP contribution in [-0.2, 0) is 0 Å². The number of hydrogen-bond acceptors (Lipinski definition) is 0. The highest BCUT2D eigenvalue weighted by Crippen LogP contribution is 2.45. The van der Waals surface area contributed by atoms with Gasteiger partial charge in [0.05, 0.1) is 0 Å². The molecule has 0 aromatic heterocycles. The molecule has 0 saturated carbocycles. The second-order valence-electron chi connectivity index (χ2n) is 21.0. The van der Waals surface area contributed by atoms with Crippen LogP contribution in [0, 0.1) is 433 Å². The molecule has 0 heteroatoms. The summed E-state index contributed by atoms with van der Waals surface area (Å²) in [5.41, 5.74) is 0.599. The van der Waals surface area contributed by atoms with Gasteiger partial charge in [0.15, 0.2) is 0 Å². The Bertz CT molecular complexity index is 4670. The fourth-order valence-electron chi connectivity index (χ4n) is 10.3. The molecule has 0 fully saturated rings. The Morgan fingerprint density at radius 2 is 0.426 bits per heavy atom. The van der Waals surface area contributed by atoms with Gasteiger partial charge in [-0.3, -0.25) is 0 Å². The van der Waals surface area contributed by atoms with E-state index in [2.05, 4.69) is 395 Å². The van der Waals surface area contributed by atoms with Crippen molar-refractivity contribution in [1.82, 2.24) is 0 Å². The average molecular weight is 1210 g/mol. The summed E-state index contributed by atoms with van der Waals surface area (Å²) in [5, 5.41) is 0. The molecule has 17 atom stereocenters. The van der Waals surface area contributed by atoms with Crippen molar-refractivity contribution in [3.8, 4) is 332 Å². The second kappa shape index (κ2) is 53.4. The Morgan fingerprint density at radius 3 is 0.660 bits per heavy atom. The molecule has 452 valence electrons. The molecule has 0 N–H and O–H groups in total. The lowest BCUT2D eigenvalue weighted by Gasteiger charge is -2.41. The van der Waals surface area contributed by atoms with Crippen LogP contribution < -0.4 is 0 Å². The Balaban J connectivity index is 9.69. The molecule has 0 rings (SSSR count). The topological polar surface area (TPSA) is 0 Å². The molecular formula is C94H76. The maximum absolute atomic E-state index is 5.29. The van der Waals surface area contributed by atoms with Crippen molar-refractivity contribution < 1.29 is 0 Å². The molecular weight excluding hydrogens is 1130 g/mol. The highest BCUT2D eigenvalue weighted by atomic mass is 14.4. The van der Waals surface area contributed by atoms with Gasteiger partial charge in [0.2, 0.25) is 0 Å². The van der Waals surface area contributed by atoms with E-state index in [-0.39, 0.29) is 65.1 Å². The fourth-order valence-corrected chi connectivity index (χ4v) is 10.3. The van der Waals surface area contributed by atoms with Gasteiger partial charge in [-0.15, -0.1) is 6.42 Å². The van der Waals surface area contributed by atoms with Gasteiger partial charge in [0, 0.05) is 53.3 Å². The molecule has 94 heavy (non-hydrogen) atoms. The van der Waals surface area contributed by atoms with Crippen LogP contribution in [0.3, 0.4) is 0 Å². The normalized spacial score (nSPS) is 13.0. The van der Waals surface area contributed by atoms with Crippen molar-refractivity contribution in [3.05, 3.63) is 12.2 Å². The Labute approximate surface area is 572 Å². The molecule has 0 aliphatic carbocycles. The van der Waals surface area contributed by atoms with Crippen LogP contribution in [0.2, 0.25) is 0 Å². The van der Waals surface area contributed by atoms with Gasteiger partial charge in [0.25, 0.3) is 0 Å². The van der Waals surface area contributed by atoms with Gasteiger partial charge in [0.1, 0.15) is 0 Å². The van der Waals surface area contributed by atoms with Crippen molar-refractivity contribution in [2.45, 2.75) is 131 Å². The van der Waals surface area contributed by atoms with Crippen LogP contribution in [0.1, 0.15) is 131 Å². The van der Waals surface area contributed by atoms with Crippen LogP contribution >= 0.6 is 0 Å². The molecule has 0 bridgehead atoms. The standard InChI is InChI=1S/C94H76/c1-21-31-40-49-58-59-68-78(12)79(13)88(70-61-51-42-33-23-3)81(15)90(72-63-53-44-35-25-5)83(17)92(74-65-55-46-37-27-7)85(19)94(76-67-57-48-39-29-9)86(20)93(75-66-56-47-38-28-8)84(18)91(73-64-54-45-36-26-6)82(16)89(71-62-52-43-34-24-4)80(14)87(77(11)30-10)69-60-50-41-32-22-2/h1,77,79-94H,12,30H2,2-11,13-20H3. The summed E-state index contributed by atoms with van der Waals surface area (Å²) >= 11 is 0. The third-order valence-electron chi connectivity index (χ3n) is 15.2. The minimum absolute atomic E-state index is 0.0984. The van der Waals surface area contributed by atoms with E-state index < -0.39 is 35.5 Å².